The van der Waals surface area contributed by atoms with Crippen LogP contribution in [-0.4, -0.2) is 62.5 Å². The lowest BCUT2D eigenvalue weighted by atomic mass is 10.1. The zero-order valence-corrected chi connectivity index (χ0v) is 11.0. The van der Waals surface area contributed by atoms with Crippen molar-refractivity contribution in [1.29, 1.82) is 0 Å². The number of amides is 2. The van der Waals surface area contributed by atoms with E-state index in [1.165, 1.54) is 12.0 Å². The molecule has 0 bridgehead atoms. The van der Waals surface area contributed by atoms with Crippen molar-refractivity contribution in [3.63, 3.8) is 0 Å². The molecule has 0 aliphatic carbocycles. The number of ether oxygens (including phenoxy) is 2. The largest absolute Gasteiger partial charge is 0.440 e. The molecule has 20 heavy (non-hydrogen) atoms. The zero-order valence-electron chi connectivity index (χ0n) is 11.0. The summed E-state index contributed by atoms with van der Waals surface area (Å²) in [5, 5.41) is 2.71. The first-order chi connectivity index (χ1) is 9.31. The molecule has 6 nitrogen and oxygen atoms in total. The topological polar surface area (TPSA) is 67.9 Å². The fraction of sp³-hybridized carbons (Fsp3) is 0.818. The van der Waals surface area contributed by atoms with Gasteiger partial charge in [-0.3, -0.25) is 4.79 Å². The van der Waals surface area contributed by atoms with Gasteiger partial charge >= 0.3 is 12.3 Å². The molecule has 0 spiro atoms. The molecule has 0 aromatic rings. The highest BCUT2D eigenvalue weighted by Crippen LogP contribution is 2.16. The molecule has 0 aromatic heterocycles. The number of carbonyl (C=O) groups excluding carboxylic acids is 2. The minimum Gasteiger partial charge on any atom is -0.440 e. The van der Waals surface area contributed by atoms with Gasteiger partial charge in [-0.2, -0.15) is 13.2 Å². The highest BCUT2D eigenvalue weighted by molar-refractivity contribution is 5.77. The van der Waals surface area contributed by atoms with Crippen LogP contribution in [0.5, 0.6) is 0 Å². The van der Waals surface area contributed by atoms with E-state index in [0.717, 1.165) is 0 Å². The van der Waals surface area contributed by atoms with Gasteiger partial charge in [-0.1, -0.05) is 0 Å². The van der Waals surface area contributed by atoms with Crippen LogP contribution in [0.3, 0.4) is 0 Å². The smallest absolute Gasteiger partial charge is 0.422 e. The van der Waals surface area contributed by atoms with Crippen LogP contribution >= 0.6 is 0 Å². The number of hydrogen-bond donors (Lipinski definition) is 1. The van der Waals surface area contributed by atoms with Crippen molar-refractivity contribution in [3.8, 4) is 0 Å². The summed E-state index contributed by atoms with van der Waals surface area (Å²) in [4.78, 5) is 23.8. The van der Waals surface area contributed by atoms with Crippen molar-refractivity contribution in [3.05, 3.63) is 0 Å². The monoisotopic (exact) mass is 298 g/mol. The molecule has 0 radical (unpaired) electrons. The predicted octanol–water partition coefficient (Wildman–Crippen LogP) is 0.912. The number of carbonyl (C=O) groups is 2. The summed E-state index contributed by atoms with van der Waals surface area (Å²) in [6, 6.07) is -0.107. The molecule has 1 rings (SSSR count). The molecule has 0 aromatic carbocycles. The Morgan fingerprint density at radius 1 is 1.30 bits per heavy atom. The number of halogens is 3. The molecule has 2 amide bonds. The summed E-state index contributed by atoms with van der Waals surface area (Å²) >= 11 is 0. The van der Waals surface area contributed by atoms with Crippen molar-refractivity contribution >= 4 is 12.0 Å². The third kappa shape index (κ3) is 6.09. The van der Waals surface area contributed by atoms with Crippen molar-refractivity contribution in [2.75, 3.05) is 33.4 Å². The maximum Gasteiger partial charge on any atom is 0.422 e. The van der Waals surface area contributed by atoms with E-state index in [0.29, 0.717) is 12.8 Å². The molecule has 116 valence electrons. The van der Waals surface area contributed by atoms with Gasteiger partial charge in [-0.15, -0.1) is 0 Å². The van der Waals surface area contributed by atoms with Gasteiger partial charge in [0.2, 0.25) is 5.91 Å². The summed E-state index contributed by atoms with van der Waals surface area (Å²) < 4.78 is 44.5. The maximum absolute atomic E-state index is 11.9. The number of nitrogens with one attached hydrogen (secondary N) is 1. The number of alkyl halides is 3. The third-order valence-electron chi connectivity index (χ3n) is 2.75. The van der Waals surface area contributed by atoms with E-state index in [1.54, 1.807) is 0 Å². The number of nitrogens with zero attached hydrogens (tertiary/aromatic N) is 1. The van der Waals surface area contributed by atoms with Crippen LogP contribution in [-0.2, 0) is 14.3 Å². The van der Waals surface area contributed by atoms with Crippen LogP contribution in [0.1, 0.15) is 12.8 Å². The SMILES string of the molecule is COCC(=O)NC1CCN(C(=O)OCC(F)(F)F)CC1. The van der Waals surface area contributed by atoms with Gasteiger partial charge < -0.3 is 19.7 Å². The molecule has 9 heteroatoms. The average molecular weight is 298 g/mol. The molecule has 1 fully saturated rings. The van der Waals surface area contributed by atoms with Gasteiger partial charge in [0.15, 0.2) is 6.61 Å². The fourth-order valence-corrected chi connectivity index (χ4v) is 1.84. The molecule has 1 N–H and O–H groups in total. The Morgan fingerprint density at radius 2 is 1.90 bits per heavy atom. The first-order valence-corrected chi connectivity index (χ1v) is 6.08. The highest BCUT2D eigenvalue weighted by Gasteiger charge is 2.32. The summed E-state index contributed by atoms with van der Waals surface area (Å²) in [5.74, 6) is -0.259. The van der Waals surface area contributed by atoms with Gasteiger partial charge in [0.1, 0.15) is 6.61 Å². The quantitative estimate of drug-likeness (QED) is 0.838. The molecular weight excluding hydrogens is 281 g/mol. The summed E-state index contributed by atoms with van der Waals surface area (Å²) in [5.41, 5.74) is 0. The van der Waals surface area contributed by atoms with Gasteiger partial charge in [0.05, 0.1) is 0 Å². The average Bonchev–Trinajstić information content (AvgIpc) is 2.36. The van der Waals surface area contributed by atoms with Crippen molar-refractivity contribution < 1.29 is 32.2 Å². The van der Waals surface area contributed by atoms with Crippen LogP contribution < -0.4 is 5.32 Å². The first kappa shape index (κ1) is 16.5. The first-order valence-electron chi connectivity index (χ1n) is 6.08. The molecule has 0 atom stereocenters. The lowest BCUT2D eigenvalue weighted by molar-refractivity contribution is -0.162. The number of piperidine rings is 1. The Hall–Kier alpha value is -1.51. The predicted molar refractivity (Wildman–Crippen MR) is 62.0 cm³/mol. The van der Waals surface area contributed by atoms with Crippen molar-refractivity contribution in [1.82, 2.24) is 10.2 Å². The normalized spacial score (nSPS) is 16.9. The molecule has 0 saturated carbocycles. The van der Waals surface area contributed by atoms with Gasteiger partial charge in [-0.25, -0.2) is 4.79 Å². The second-order valence-corrected chi connectivity index (χ2v) is 4.43. The molecule has 0 unspecified atom stereocenters. The van der Waals surface area contributed by atoms with E-state index in [2.05, 4.69) is 14.8 Å². The van der Waals surface area contributed by atoms with E-state index in [4.69, 9.17) is 0 Å². The number of likely N-dealkylation sites (tertiary alicyclic amines) is 1. The molecule has 1 aliphatic heterocycles. The van der Waals surface area contributed by atoms with Crippen LogP contribution in [0.25, 0.3) is 0 Å². The summed E-state index contributed by atoms with van der Waals surface area (Å²) in [6.45, 7) is -1.15. The number of methoxy groups -OCH3 is 1. The maximum atomic E-state index is 11.9. The zero-order chi connectivity index (χ0) is 15.2. The van der Waals surface area contributed by atoms with E-state index >= 15 is 0 Å². The fourth-order valence-electron chi connectivity index (χ4n) is 1.84. The van der Waals surface area contributed by atoms with Gasteiger partial charge in [-0.05, 0) is 12.8 Å². The molecule has 1 saturated heterocycles. The molecule has 1 heterocycles. The van der Waals surface area contributed by atoms with E-state index in [1.807, 2.05) is 0 Å². The van der Waals surface area contributed by atoms with Gasteiger partial charge in [0.25, 0.3) is 0 Å². The number of rotatable bonds is 4. The molecule has 1 aliphatic rings. The highest BCUT2D eigenvalue weighted by atomic mass is 19.4. The Balaban J connectivity index is 2.27. The Bertz CT molecular complexity index is 341. The van der Waals surface area contributed by atoms with E-state index in [9.17, 15) is 22.8 Å². The second-order valence-electron chi connectivity index (χ2n) is 4.43. The van der Waals surface area contributed by atoms with Crippen molar-refractivity contribution in [2.24, 2.45) is 0 Å². The van der Waals surface area contributed by atoms with Crippen LogP contribution in [0.2, 0.25) is 0 Å². The minimum absolute atomic E-state index is 0.0478. The Morgan fingerprint density at radius 3 is 2.40 bits per heavy atom. The van der Waals surface area contributed by atoms with E-state index in [-0.39, 0.29) is 31.6 Å². The minimum atomic E-state index is -4.53. The lowest BCUT2D eigenvalue weighted by Gasteiger charge is -2.31. The summed E-state index contributed by atoms with van der Waals surface area (Å²) in [6.07, 6.45) is -4.57. The third-order valence-corrected chi connectivity index (χ3v) is 2.75. The van der Waals surface area contributed by atoms with Gasteiger partial charge in [0, 0.05) is 26.2 Å². The standard InChI is InChI=1S/C11H17F3N2O4/c1-19-6-9(17)15-8-2-4-16(5-3-8)10(18)20-7-11(12,13)14/h8H,2-7H2,1H3,(H,15,17). The Kier molecular flexibility index (Phi) is 6.05. The van der Waals surface area contributed by atoms with Crippen LogP contribution in [0, 0.1) is 0 Å². The molecular formula is C11H17F3N2O4. The van der Waals surface area contributed by atoms with Crippen molar-refractivity contribution in [2.45, 2.75) is 25.1 Å². The number of hydrogen-bond acceptors (Lipinski definition) is 4. The van der Waals surface area contributed by atoms with E-state index < -0.39 is 18.9 Å². The van der Waals surface area contributed by atoms with Crippen LogP contribution in [0.4, 0.5) is 18.0 Å². The van der Waals surface area contributed by atoms with Crippen LogP contribution in [0.15, 0.2) is 0 Å². The summed E-state index contributed by atoms with van der Waals surface area (Å²) in [7, 11) is 1.40. The second kappa shape index (κ2) is 7.32. The lowest BCUT2D eigenvalue weighted by Crippen LogP contribution is -2.47. The Labute approximate surface area is 114 Å².